The van der Waals surface area contributed by atoms with Crippen molar-refractivity contribution >= 4 is 17.2 Å². The predicted octanol–water partition coefficient (Wildman–Crippen LogP) is 3.29. The SMILES string of the molecule is C[C@@H](NC(=O)c1ccco1)c1nc(-c2ccncc2)cs1. The molecule has 3 aromatic rings. The van der Waals surface area contributed by atoms with Crippen LogP contribution in [0.25, 0.3) is 11.3 Å². The molecule has 0 radical (unpaired) electrons. The van der Waals surface area contributed by atoms with Gasteiger partial charge in [0, 0.05) is 23.3 Å². The normalized spacial score (nSPS) is 12.0. The van der Waals surface area contributed by atoms with Gasteiger partial charge in [0.05, 0.1) is 18.0 Å². The monoisotopic (exact) mass is 299 g/mol. The fraction of sp³-hybridized carbons (Fsp3) is 0.133. The van der Waals surface area contributed by atoms with Crippen molar-refractivity contribution in [3.8, 4) is 11.3 Å². The number of pyridine rings is 1. The average molecular weight is 299 g/mol. The highest BCUT2D eigenvalue weighted by Gasteiger charge is 2.16. The van der Waals surface area contributed by atoms with Gasteiger partial charge in [-0.3, -0.25) is 9.78 Å². The Bertz CT molecular complexity index is 722. The number of amides is 1. The number of furan rings is 1. The molecule has 0 bridgehead atoms. The average Bonchev–Trinajstić information content (AvgIpc) is 3.20. The van der Waals surface area contributed by atoms with Crippen LogP contribution >= 0.6 is 11.3 Å². The summed E-state index contributed by atoms with van der Waals surface area (Å²) in [6.45, 7) is 1.90. The first-order chi connectivity index (χ1) is 10.2. The molecule has 1 amide bonds. The zero-order chi connectivity index (χ0) is 14.7. The quantitative estimate of drug-likeness (QED) is 0.802. The summed E-state index contributed by atoms with van der Waals surface area (Å²) in [6.07, 6.45) is 4.94. The van der Waals surface area contributed by atoms with E-state index < -0.39 is 0 Å². The number of carbonyl (C=O) groups is 1. The number of nitrogens with one attached hydrogen (secondary N) is 1. The molecule has 3 rings (SSSR count). The maximum absolute atomic E-state index is 11.9. The topological polar surface area (TPSA) is 68.0 Å². The van der Waals surface area contributed by atoms with Gasteiger partial charge in [-0.2, -0.15) is 0 Å². The van der Waals surface area contributed by atoms with Gasteiger partial charge in [0.1, 0.15) is 5.01 Å². The van der Waals surface area contributed by atoms with E-state index in [1.54, 1.807) is 24.5 Å². The molecule has 0 fully saturated rings. The molecule has 21 heavy (non-hydrogen) atoms. The van der Waals surface area contributed by atoms with Gasteiger partial charge in [-0.15, -0.1) is 11.3 Å². The van der Waals surface area contributed by atoms with Crippen molar-refractivity contribution in [1.29, 1.82) is 0 Å². The van der Waals surface area contributed by atoms with E-state index in [9.17, 15) is 4.79 Å². The number of hydrogen-bond acceptors (Lipinski definition) is 5. The summed E-state index contributed by atoms with van der Waals surface area (Å²) in [5, 5.41) is 5.69. The number of hydrogen-bond donors (Lipinski definition) is 1. The van der Waals surface area contributed by atoms with Gasteiger partial charge in [0.25, 0.3) is 5.91 Å². The van der Waals surface area contributed by atoms with Crippen molar-refractivity contribution < 1.29 is 9.21 Å². The highest BCUT2D eigenvalue weighted by molar-refractivity contribution is 7.10. The van der Waals surface area contributed by atoms with Crippen molar-refractivity contribution in [2.24, 2.45) is 0 Å². The Morgan fingerprint density at radius 3 is 2.86 bits per heavy atom. The van der Waals surface area contributed by atoms with Crippen LogP contribution in [-0.4, -0.2) is 15.9 Å². The molecule has 0 saturated heterocycles. The molecule has 0 unspecified atom stereocenters. The van der Waals surface area contributed by atoms with E-state index in [0.717, 1.165) is 16.3 Å². The lowest BCUT2D eigenvalue weighted by Crippen LogP contribution is -2.26. The molecule has 3 heterocycles. The molecule has 6 heteroatoms. The molecule has 0 aliphatic carbocycles. The minimum absolute atomic E-state index is 0.178. The van der Waals surface area contributed by atoms with Crippen LogP contribution in [0.15, 0.2) is 52.7 Å². The van der Waals surface area contributed by atoms with Crippen LogP contribution in [0.4, 0.5) is 0 Å². The van der Waals surface area contributed by atoms with Crippen LogP contribution in [0, 0.1) is 0 Å². The number of rotatable bonds is 4. The van der Waals surface area contributed by atoms with Crippen molar-refractivity contribution in [1.82, 2.24) is 15.3 Å². The Hall–Kier alpha value is -2.47. The maximum Gasteiger partial charge on any atom is 0.287 e. The minimum Gasteiger partial charge on any atom is -0.459 e. The molecule has 3 aromatic heterocycles. The highest BCUT2D eigenvalue weighted by atomic mass is 32.1. The van der Waals surface area contributed by atoms with Gasteiger partial charge in [0.2, 0.25) is 0 Å². The molecule has 0 aliphatic heterocycles. The zero-order valence-corrected chi connectivity index (χ0v) is 12.1. The standard InChI is InChI=1S/C15H13N3O2S/c1-10(17-14(19)13-3-2-8-20-13)15-18-12(9-21-15)11-4-6-16-7-5-11/h2-10H,1H3,(H,17,19)/t10-/m1/s1. The van der Waals surface area contributed by atoms with Gasteiger partial charge in [0.15, 0.2) is 5.76 Å². The van der Waals surface area contributed by atoms with Gasteiger partial charge >= 0.3 is 0 Å². The first-order valence-corrected chi connectivity index (χ1v) is 7.32. The number of aromatic nitrogens is 2. The van der Waals surface area contributed by atoms with E-state index in [1.165, 1.54) is 17.6 Å². The summed E-state index contributed by atoms with van der Waals surface area (Å²) in [5.41, 5.74) is 1.90. The molecule has 1 N–H and O–H groups in total. The lowest BCUT2D eigenvalue weighted by atomic mass is 10.2. The second-order valence-corrected chi connectivity index (χ2v) is 5.37. The summed E-state index contributed by atoms with van der Waals surface area (Å²) < 4.78 is 5.07. The smallest absolute Gasteiger partial charge is 0.287 e. The molecular formula is C15H13N3O2S. The maximum atomic E-state index is 11.9. The van der Waals surface area contributed by atoms with Gasteiger partial charge in [-0.05, 0) is 31.2 Å². The van der Waals surface area contributed by atoms with E-state index in [0.29, 0.717) is 5.76 Å². The fourth-order valence-electron chi connectivity index (χ4n) is 1.88. The van der Waals surface area contributed by atoms with Gasteiger partial charge in [-0.25, -0.2) is 4.98 Å². The van der Waals surface area contributed by atoms with E-state index in [-0.39, 0.29) is 11.9 Å². The summed E-state index contributed by atoms with van der Waals surface area (Å²) in [5.74, 6) is 0.0564. The van der Waals surface area contributed by atoms with E-state index >= 15 is 0 Å². The van der Waals surface area contributed by atoms with Crippen LogP contribution in [0.2, 0.25) is 0 Å². The third-order valence-electron chi connectivity index (χ3n) is 2.96. The van der Waals surface area contributed by atoms with Gasteiger partial charge in [-0.1, -0.05) is 0 Å². The summed E-state index contributed by atoms with van der Waals surface area (Å²) in [6, 6.07) is 6.95. The lowest BCUT2D eigenvalue weighted by molar-refractivity contribution is 0.0912. The molecule has 0 aromatic carbocycles. The Kier molecular flexibility index (Phi) is 3.79. The molecule has 0 saturated carbocycles. The second-order valence-electron chi connectivity index (χ2n) is 4.48. The van der Waals surface area contributed by atoms with Crippen LogP contribution in [0.5, 0.6) is 0 Å². The van der Waals surface area contributed by atoms with Crippen LogP contribution < -0.4 is 5.32 Å². The highest BCUT2D eigenvalue weighted by Crippen LogP contribution is 2.25. The molecule has 5 nitrogen and oxygen atoms in total. The minimum atomic E-state index is -0.242. The summed E-state index contributed by atoms with van der Waals surface area (Å²) in [4.78, 5) is 20.5. The van der Waals surface area contributed by atoms with Crippen molar-refractivity contribution in [2.45, 2.75) is 13.0 Å². The van der Waals surface area contributed by atoms with Crippen molar-refractivity contribution in [3.05, 3.63) is 59.1 Å². The molecule has 1 atom stereocenters. The van der Waals surface area contributed by atoms with Crippen LogP contribution in [-0.2, 0) is 0 Å². The predicted molar refractivity (Wildman–Crippen MR) is 79.9 cm³/mol. The number of carbonyl (C=O) groups excluding carboxylic acids is 1. The lowest BCUT2D eigenvalue weighted by Gasteiger charge is -2.09. The Balaban J connectivity index is 1.73. The molecule has 0 aliphatic rings. The van der Waals surface area contributed by atoms with E-state index in [1.807, 2.05) is 24.4 Å². The zero-order valence-electron chi connectivity index (χ0n) is 11.3. The number of nitrogens with zero attached hydrogens (tertiary/aromatic N) is 2. The molecular weight excluding hydrogens is 286 g/mol. The van der Waals surface area contributed by atoms with Crippen molar-refractivity contribution in [2.75, 3.05) is 0 Å². The van der Waals surface area contributed by atoms with Gasteiger partial charge < -0.3 is 9.73 Å². The summed E-state index contributed by atoms with van der Waals surface area (Å²) >= 11 is 1.51. The third-order valence-corrected chi connectivity index (χ3v) is 3.99. The molecule has 106 valence electrons. The Morgan fingerprint density at radius 1 is 1.33 bits per heavy atom. The Morgan fingerprint density at radius 2 is 2.14 bits per heavy atom. The first-order valence-electron chi connectivity index (χ1n) is 6.44. The summed E-state index contributed by atoms with van der Waals surface area (Å²) in [7, 11) is 0. The van der Waals surface area contributed by atoms with Crippen LogP contribution in [0.1, 0.15) is 28.5 Å². The number of thiazole rings is 1. The van der Waals surface area contributed by atoms with E-state index in [4.69, 9.17) is 4.42 Å². The largest absolute Gasteiger partial charge is 0.459 e. The third kappa shape index (κ3) is 3.00. The first kappa shape index (κ1) is 13.5. The van der Waals surface area contributed by atoms with E-state index in [2.05, 4.69) is 15.3 Å². The second kappa shape index (κ2) is 5.88. The fourth-order valence-corrected chi connectivity index (χ4v) is 2.71. The van der Waals surface area contributed by atoms with Crippen molar-refractivity contribution in [3.63, 3.8) is 0 Å². The molecule has 0 spiro atoms. The van der Waals surface area contributed by atoms with Crippen LogP contribution in [0.3, 0.4) is 0 Å². The Labute approximate surface area is 125 Å².